The number of halogens is 1. The molecule has 6 heteroatoms. The number of aromatic hydroxyl groups is 1. The molecule has 0 saturated carbocycles. The standard InChI is InChI=1S/C14H13ClO5/c1-7(13(17)18)3-9-5-11(15)6-10(12(9)16)4-8(2)14(19)20/h3-6,16H,1-2H3,(H,17,18)(H,19,20)/b7-3+,8-4+. The maximum Gasteiger partial charge on any atom is 0.331 e. The van der Waals surface area contributed by atoms with Crippen LogP contribution < -0.4 is 0 Å². The third-order valence-electron chi connectivity index (χ3n) is 2.55. The summed E-state index contributed by atoms with van der Waals surface area (Å²) in [5.74, 6) is -2.47. The summed E-state index contributed by atoms with van der Waals surface area (Å²) in [4.78, 5) is 21.6. The van der Waals surface area contributed by atoms with Crippen LogP contribution in [0.25, 0.3) is 12.2 Å². The molecule has 0 amide bonds. The predicted octanol–water partition coefficient (Wildman–Crippen LogP) is 3.02. The number of carbonyl (C=O) groups is 2. The zero-order chi connectivity index (χ0) is 15.4. The van der Waals surface area contributed by atoms with E-state index in [1.807, 2.05) is 0 Å². The molecule has 0 fully saturated rings. The van der Waals surface area contributed by atoms with Crippen molar-refractivity contribution in [3.05, 3.63) is 39.4 Å². The second-order valence-electron chi connectivity index (χ2n) is 4.20. The van der Waals surface area contributed by atoms with Crippen LogP contribution in [-0.4, -0.2) is 27.3 Å². The van der Waals surface area contributed by atoms with E-state index in [1.54, 1.807) is 0 Å². The number of benzene rings is 1. The number of phenols is 1. The summed E-state index contributed by atoms with van der Waals surface area (Å²) in [6.07, 6.45) is 2.52. The monoisotopic (exact) mass is 296 g/mol. The first-order chi connectivity index (χ1) is 9.22. The van der Waals surface area contributed by atoms with Gasteiger partial charge in [-0.05, 0) is 38.1 Å². The minimum absolute atomic E-state index is 0.0208. The lowest BCUT2D eigenvalue weighted by molar-refractivity contribution is -0.133. The number of hydrogen-bond acceptors (Lipinski definition) is 3. The number of carboxylic acids is 2. The van der Waals surface area contributed by atoms with Gasteiger partial charge in [0, 0.05) is 27.3 Å². The fraction of sp³-hybridized carbons (Fsp3) is 0.143. The second kappa shape index (κ2) is 6.25. The quantitative estimate of drug-likeness (QED) is 0.742. The molecule has 0 aromatic heterocycles. The number of hydrogen-bond donors (Lipinski definition) is 3. The molecule has 0 saturated heterocycles. The van der Waals surface area contributed by atoms with Gasteiger partial charge in [0.2, 0.25) is 0 Å². The number of aliphatic carboxylic acids is 2. The lowest BCUT2D eigenvalue weighted by Gasteiger charge is -2.06. The Kier molecular flexibility index (Phi) is 4.94. The highest BCUT2D eigenvalue weighted by Crippen LogP contribution is 2.30. The Labute approximate surface area is 120 Å². The van der Waals surface area contributed by atoms with Crippen molar-refractivity contribution in [2.45, 2.75) is 13.8 Å². The van der Waals surface area contributed by atoms with Gasteiger partial charge in [0.25, 0.3) is 0 Å². The highest BCUT2D eigenvalue weighted by Gasteiger charge is 2.10. The fourth-order valence-electron chi connectivity index (χ4n) is 1.45. The molecule has 20 heavy (non-hydrogen) atoms. The van der Waals surface area contributed by atoms with Gasteiger partial charge in [-0.15, -0.1) is 0 Å². The molecule has 106 valence electrons. The molecule has 0 spiro atoms. The van der Waals surface area contributed by atoms with Crippen molar-refractivity contribution in [3.8, 4) is 5.75 Å². The third-order valence-corrected chi connectivity index (χ3v) is 2.77. The summed E-state index contributed by atoms with van der Waals surface area (Å²) >= 11 is 5.88. The molecular formula is C14H13ClO5. The number of phenolic OH excluding ortho intramolecular Hbond substituents is 1. The van der Waals surface area contributed by atoms with Gasteiger partial charge < -0.3 is 15.3 Å². The SMILES string of the molecule is C/C(=C\c1cc(Cl)cc(/C=C(\C)C(=O)O)c1O)C(=O)O. The molecule has 0 unspecified atom stereocenters. The summed E-state index contributed by atoms with van der Waals surface area (Å²) in [6, 6.07) is 2.80. The van der Waals surface area contributed by atoms with E-state index in [-0.39, 0.29) is 33.0 Å². The van der Waals surface area contributed by atoms with Gasteiger partial charge in [0.15, 0.2) is 0 Å². The highest BCUT2D eigenvalue weighted by molar-refractivity contribution is 6.31. The minimum atomic E-state index is -1.12. The van der Waals surface area contributed by atoms with Crippen molar-refractivity contribution in [3.63, 3.8) is 0 Å². The summed E-state index contributed by atoms with van der Waals surface area (Å²) in [5, 5.41) is 27.9. The van der Waals surface area contributed by atoms with Crippen LogP contribution in [-0.2, 0) is 9.59 Å². The zero-order valence-electron chi connectivity index (χ0n) is 10.8. The summed E-state index contributed by atoms with van der Waals surface area (Å²) in [6.45, 7) is 2.75. The van der Waals surface area contributed by atoms with E-state index in [2.05, 4.69) is 0 Å². The van der Waals surface area contributed by atoms with Gasteiger partial charge in [0.05, 0.1) is 0 Å². The summed E-state index contributed by atoms with van der Waals surface area (Å²) < 4.78 is 0. The molecule has 0 atom stereocenters. The van der Waals surface area contributed by atoms with E-state index in [9.17, 15) is 14.7 Å². The Morgan fingerprint density at radius 3 is 1.65 bits per heavy atom. The van der Waals surface area contributed by atoms with E-state index in [1.165, 1.54) is 38.1 Å². The molecule has 0 aliphatic rings. The van der Waals surface area contributed by atoms with Crippen molar-refractivity contribution in [2.75, 3.05) is 0 Å². The Balaban J connectivity index is 3.41. The van der Waals surface area contributed by atoms with Gasteiger partial charge in [-0.25, -0.2) is 9.59 Å². The average molecular weight is 297 g/mol. The third kappa shape index (κ3) is 3.86. The second-order valence-corrected chi connectivity index (χ2v) is 4.63. The Hall–Kier alpha value is -2.27. The smallest absolute Gasteiger partial charge is 0.331 e. The maximum atomic E-state index is 10.8. The summed E-state index contributed by atoms with van der Waals surface area (Å²) in [5.41, 5.74) is 0.462. The highest BCUT2D eigenvalue weighted by atomic mass is 35.5. The van der Waals surface area contributed by atoms with E-state index < -0.39 is 11.9 Å². The van der Waals surface area contributed by atoms with Crippen LogP contribution in [0.2, 0.25) is 5.02 Å². The Morgan fingerprint density at radius 2 is 1.35 bits per heavy atom. The number of carboxylic acid groups (broad SMARTS) is 2. The first-order valence-corrected chi connectivity index (χ1v) is 5.96. The van der Waals surface area contributed by atoms with Gasteiger partial charge in [-0.1, -0.05) is 11.6 Å². The largest absolute Gasteiger partial charge is 0.507 e. The minimum Gasteiger partial charge on any atom is -0.507 e. The molecule has 3 N–H and O–H groups in total. The van der Waals surface area contributed by atoms with Gasteiger partial charge in [-0.2, -0.15) is 0 Å². The fourth-order valence-corrected chi connectivity index (χ4v) is 1.69. The van der Waals surface area contributed by atoms with E-state index in [4.69, 9.17) is 21.8 Å². The number of rotatable bonds is 4. The molecule has 0 bridgehead atoms. The van der Waals surface area contributed by atoms with Gasteiger partial charge >= 0.3 is 11.9 Å². The van der Waals surface area contributed by atoms with Crippen LogP contribution in [0.15, 0.2) is 23.3 Å². The predicted molar refractivity (Wildman–Crippen MR) is 75.7 cm³/mol. The van der Waals surface area contributed by atoms with Crippen LogP contribution in [0.3, 0.4) is 0 Å². The molecule has 1 aromatic rings. The molecule has 1 rings (SSSR count). The van der Waals surface area contributed by atoms with Crippen molar-refractivity contribution in [1.82, 2.24) is 0 Å². The maximum absolute atomic E-state index is 10.8. The normalized spacial score (nSPS) is 12.3. The van der Waals surface area contributed by atoms with Crippen LogP contribution in [0.5, 0.6) is 5.75 Å². The molecule has 5 nitrogen and oxygen atoms in total. The summed E-state index contributed by atoms with van der Waals surface area (Å²) in [7, 11) is 0. The first-order valence-electron chi connectivity index (χ1n) is 5.58. The van der Waals surface area contributed by atoms with E-state index in [0.717, 1.165) is 0 Å². The van der Waals surface area contributed by atoms with Crippen LogP contribution in [0.4, 0.5) is 0 Å². The van der Waals surface area contributed by atoms with Crippen LogP contribution in [0, 0.1) is 0 Å². The Morgan fingerprint density at radius 1 is 1.00 bits per heavy atom. The van der Waals surface area contributed by atoms with E-state index >= 15 is 0 Å². The average Bonchev–Trinajstić information content (AvgIpc) is 2.34. The molecule has 0 heterocycles. The topological polar surface area (TPSA) is 94.8 Å². The van der Waals surface area contributed by atoms with Crippen molar-refractivity contribution in [2.24, 2.45) is 0 Å². The van der Waals surface area contributed by atoms with Crippen LogP contribution >= 0.6 is 11.6 Å². The van der Waals surface area contributed by atoms with E-state index in [0.29, 0.717) is 0 Å². The van der Waals surface area contributed by atoms with Gasteiger partial charge in [-0.3, -0.25) is 0 Å². The molecule has 1 aromatic carbocycles. The Bertz CT molecular complexity index is 577. The lowest BCUT2D eigenvalue weighted by atomic mass is 10.0. The molecule has 0 aliphatic carbocycles. The van der Waals surface area contributed by atoms with Gasteiger partial charge in [0.1, 0.15) is 5.75 Å². The molecule has 0 aliphatic heterocycles. The molecular weight excluding hydrogens is 284 g/mol. The van der Waals surface area contributed by atoms with Crippen molar-refractivity contribution < 1.29 is 24.9 Å². The van der Waals surface area contributed by atoms with Crippen molar-refractivity contribution in [1.29, 1.82) is 0 Å². The zero-order valence-corrected chi connectivity index (χ0v) is 11.6. The molecule has 0 radical (unpaired) electrons. The first kappa shape index (κ1) is 15.8. The lowest BCUT2D eigenvalue weighted by Crippen LogP contribution is -1.97. The van der Waals surface area contributed by atoms with Crippen LogP contribution in [0.1, 0.15) is 25.0 Å². The van der Waals surface area contributed by atoms with Crippen molar-refractivity contribution >= 4 is 35.7 Å².